The summed E-state index contributed by atoms with van der Waals surface area (Å²) in [6.45, 7) is 5.11. The Bertz CT molecular complexity index is 420. The van der Waals surface area contributed by atoms with Crippen molar-refractivity contribution in [3.05, 3.63) is 0 Å². The number of nitrogens with zero attached hydrogens (tertiary/aromatic N) is 1. The smallest absolute Gasteiger partial charge is 0.307 e. The number of ether oxygens (including phenoxy) is 1. The number of carbonyl (C=O) groups excluding carboxylic acids is 3. The second kappa shape index (κ2) is 12.7. The fourth-order valence-corrected chi connectivity index (χ4v) is 3.32. The van der Waals surface area contributed by atoms with Crippen LogP contribution in [0.1, 0.15) is 71.6 Å². The van der Waals surface area contributed by atoms with Gasteiger partial charge in [0.25, 0.3) is 0 Å². The molecule has 0 aliphatic heterocycles. The van der Waals surface area contributed by atoms with E-state index in [1.807, 2.05) is 0 Å². The Balaban J connectivity index is 2.41. The second-order valence-corrected chi connectivity index (χ2v) is 6.82. The topological polar surface area (TPSA) is 75.7 Å². The molecule has 0 unspecified atom stereocenters. The summed E-state index contributed by atoms with van der Waals surface area (Å²) < 4.78 is 4.95. The van der Waals surface area contributed by atoms with Gasteiger partial charge in [0.1, 0.15) is 0 Å². The van der Waals surface area contributed by atoms with Crippen LogP contribution in [-0.4, -0.2) is 48.9 Å². The van der Waals surface area contributed by atoms with Crippen molar-refractivity contribution in [3.63, 3.8) is 0 Å². The van der Waals surface area contributed by atoms with Gasteiger partial charge in [-0.2, -0.15) is 0 Å². The molecule has 1 aliphatic carbocycles. The number of amides is 2. The molecule has 0 aromatic carbocycles. The van der Waals surface area contributed by atoms with E-state index in [4.69, 9.17) is 4.74 Å². The first-order chi connectivity index (χ1) is 12.0. The predicted molar refractivity (Wildman–Crippen MR) is 96.9 cm³/mol. The minimum atomic E-state index is -0.269. The second-order valence-electron chi connectivity index (χ2n) is 6.82. The Labute approximate surface area is 151 Å². The molecule has 6 nitrogen and oxygen atoms in total. The summed E-state index contributed by atoms with van der Waals surface area (Å²) in [5, 5.41) is 2.74. The van der Waals surface area contributed by atoms with Crippen LogP contribution in [0.4, 0.5) is 0 Å². The molecule has 1 N–H and O–H groups in total. The molecule has 2 amide bonds. The van der Waals surface area contributed by atoms with Gasteiger partial charge in [-0.1, -0.05) is 32.1 Å². The van der Waals surface area contributed by atoms with Crippen LogP contribution >= 0.6 is 0 Å². The van der Waals surface area contributed by atoms with E-state index in [0.717, 1.165) is 6.42 Å². The van der Waals surface area contributed by atoms with Crippen molar-refractivity contribution in [1.82, 2.24) is 10.2 Å². The molecule has 0 aromatic rings. The van der Waals surface area contributed by atoms with Crippen LogP contribution in [0.3, 0.4) is 0 Å². The van der Waals surface area contributed by atoms with Crippen molar-refractivity contribution in [1.29, 1.82) is 0 Å². The highest BCUT2D eigenvalue weighted by Gasteiger charge is 2.19. The lowest BCUT2D eigenvalue weighted by atomic mass is 9.86. The van der Waals surface area contributed by atoms with Gasteiger partial charge in [0.2, 0.25) is 11.8 Å². The molecule has 1 fully saturated rings. The van der Waals surface area contributed by atoms with E-state index in [2.05, 4.69) is 5.32 Å². The lowest BCUT2D eigenvalue weighted by Gasteiger charge is -2.25. The summed E-state index contributed by atoms with van der Waals surface area (Å²) in [5.74, 6) is 0.442. The van der Waals surface area contributed by atoms with E-state index in [-0.39, 0.29) is 24.2 Å². The third-order valence-corrected chi connectivity index (χ3v) is 4.71. The molecule has 0 saturated heterocycles. The highest BCUT2D eigenvalue weighted by Crippen LogP contribution is 2.27. The Hall–Kier alpha value is -1.59. The maximum absolute atomic E-state index is 12.6. The summed E-state index contributed by atoms with van der Waals surface area (Å²) in [5.41, 5.74) is 0. The number of esters is 1. The van der Waals surface area contributed by atoms with E-state index in [9.17, 15) is 14.4 Å². The number of rotatable bonds is 11. The first-order valence-corrected chi connectivity index (χ1v) is 9.70. The summed E-state index contributed by atoms with van der Waals surface area (Å²) in [7, 11) is 0. The summed E-state index contributed by atoms with van der Waals surface area (Å²) in [4.78, 5) is 36.8. The molecular formula is C19H34N2O4. The minimum absolute atomic E-state index is 0.0679. The van der Waals surface area contributed by atoms with Gasteiger partial charge >= 0.3 is 5.97 Å². The molecule has 1 saturated carbocycles. The summed E-state index contributed by atoms with van der Waals surface area (Å²) in [6, 6.07) is 0. The highest BCUT2D eigenvalue weighted by atomic mass is 16.5. The molecule has 25 heavy (non-hydrogen) atoms. The minimum Gasteiger partial charge on any atom is -0.466 e. The zero-order chi connectivity index (χ0) is 18.5. The SMILES string of the molecule is CCOC(=O)CCN(CCCNC(C)=O)C(=O)CCC1CCCCC1. The van der Waals surface area contributed by atoms with Gasteiger partial charge in [-0.3, -0.25) is 14.4 Å². The van der Waals surface area contributed by atoms with Crippen molar-refractivity contribution < 1.29 is 19.1 Å². The Kier molecular flexibility index (Phi) is 10.9. The molecule has 0 atom stereocenters. The van der Waals surface area contributed by atoms with Crippen molar-refractivity contribution in [2.75, 3.05) is 26.2 Å². The van der Waals surface area contributed by atoms with E-state index in [1.165, 1.54) is 39.0 Å². The van der Waals surface area contributed by atoms with Crippen LogP contribution in [0.5, 0.6) is 0 Å². The standard InChI is InChI=1S/C19H34N2O4/c1-3-25-19(24)12-15-21(14-7-13-20-16(2)22)18(23)11-10-17-8-5-4-6-9-17/h17H,3-15H2,1-2H3,(H,20,22). The van der Waals surface area contributed by atoms with Crippen LogP contribution in [0.25, 0.3) is 0 Å². The molecular weight excluding hydrogens is 320 g/mol. The fraction of sp³-hybridized carbons (Fsp3) is 0.842. The van der Waals surface area contributed by atoms with Crippen molar-refractivity contribution in [3.8, 4) is 0 Å². The van der Waals surface area contributed by atoms with Gasteiger partial charge in [0.05, 0.1) is 13.0 Å². The van der Waals surface area contributed by atoms with Crippen LogP contribution < -0.4 is 5.32 Å². The van der Waals surface area contributed by atoms with Crippen molar-refractivity contribution in [2.45, 2.75) is 71.6 Å². The molecule has 1 aliphatic rings. The van der Waals surface area contributed by atoms with Crippen molar-refractivity contribution >= 4 is 17.8 Å². The summed E-state index contributed by atoms with van der Waals surface area (Å²) in [6.07, 6.45) is 8.76. The van der Waals surface area contributed by atoms with Gasteiger partial charge in [0.15, 0.2) is 0 Å². The van der Waals surface area contributed by atoms with Crippen LogP contribution in [0.2, 0.25) is 0 Å². The van der Waals surface area contributed by atoms with Gasteiger partial charge in [-0.15, -0.1) is 0 Å². The van der Waals surface area contributed by atoms with Gasteiger partial charge in [-0.25, -0.2) is 0 Å². The average molecular weight is 354 g/mol. The molecule has 1 rings (SSSR count). The number of nitrogens with one attached hydrogen (secondary N) is 1. The quantitative estimate of drug-likeness (QED) is 0.457. The third kappa shape index (κ3) is 10.1. The van der Waals surface area contributed by atoms with E-state index < -0.39 is 0 Å². The van der Waals surface area contributed by atoms with E-state index >= 15 is 0 Å². The Morgan fingerprint density at radius 3 is 2.44 bits per heavy atom. The third-order valence-electron chi connectivity index (χ3n) is 4.71. The molecule has 144 valence electrons. The largest absolute Gasteiger partial charge is 0.466 e. The fourth-order valence-electron chi connectivity index (χ4n) is 3.32. The zero-order valence-electron chi connectivity index (χ0n) is 15.8. The molecule has 0 bridgehead atoms. The highest BCUT2D eigenvalue weighted by molar-refractivity contribution is 5.77. The number of hydrogen-bond donors (Lipinski definition) is 1. The Morgan fingerprint density at radius 1 is 1.08 bits per heavy atom. The zero-order valence-corrected chi connectivity index (χ0v) is 15.8. The maximum Gasteiger partial charge on any atom is 0.307 e. The number of carbonyl (C=O) groups is 3. The molecule has 6 heteroatoms. The first kappa shape index (κ1) is 21.5. The molecule has 0 radical (unpaired) electrons. The van der Waals surface area contributed by atoms with E-state index in [0.29, 0.717) is 45.0 Å². The van der Waals surface area contributed by atoms with Crippen molar-refractivity contribution in [2.24, 2.45) is 5.92 Å². The van der Waals surface area contributed by atoms with Gasteiger partial charge in [-0.05, 0) is 25.7 Å². The van der Waals surface area contributed by atoms with E-state index in [1.54, 1.807) is 11.8 Å². The summed E-state index contributed by atoms with van der Waals surface area (Å²) >= 11 is 0. The maximum atomic E-state index is 12.6. The van der Waals surface area contributed by atoms with Gasteiger partial charge in [0, 0.05) is 33.0 Å². The normalized spacial score (nSPS) is 14.8. The Morgan fingerprint density at radius 2 is 1.80 bits per heavy atom. The predicted octanol–water partition coefficient (Wildman–Crippen LogP) is 2.65. The molecule has 0 aromatic heterocycles. The van der Waals surface area contributed by atoms with Crippen LogP contribution in [-0.2, 0) is 19.1 Å². The molecule has 0 spiro atoms. The van der Waals surface area contributed by atoms with Crippen LogP contribution in [0, 0.1) is 5.92 Å². The molecule has 0 heterocycles. The number of hydrogen-bond acceptors (Lipinski definition) is 4. The van der Waals surface area contributed by atoms with Gasteiger partial charge < -0.3 is 15.0 Å². The average Bonchev–Trinajstić information content (AvgIpc) is 2.60. The lowest BCUT2D eigenvalue weighted by Crippen LogP contribution is -2.36. The lowest BCUT2D eigenvalue weighted by molar-refractivity contribution is -0.144. The first-order valence-electron chi connectivity index (χ1n) is 9.70. The van der Waals surface area contributed by atoms with Crippen LogP contribution in [0.15, 0.2) is 0 Å². The monoisotopic (exact) mass is 354 g/mol.